The summed E-state index contributed by atoms with van der Waals surface area (Å²) in [6, 6.07) is 5.24. The van der Waals surface area contributed by atoms with E-state index in [0.717, 1.165) is 30.7 Å². The largest absolute Gasteiger partial charge is 0.341 e. The Morgan fingerprint density at radius 3 is 2.95 bits per heavy atom. The molecule has 1 aliphatic heterocycles. The van der Waals surface area contributed by atoms with Gasteiger partial charge in [0.25, 0.3) is 0 Å². The Morgan fingerprint density at radius 1 is 1.45 bits per heavy atom. The molecule has 0 amide bonds. The first-order valence-electron chi connectivity index (χ1n) is 6.53. The standard InChI is InChI=1S/C15H16N2O2S/c1-2-3-8-17-10-12(11-18)20-15(17)9-14(19)13-6-4-5-7-16-13/h4-7,9-11H,2-3,8H2,1H3. The summed E-state index contributed by atoms with van der Waals surface area (Å²) in [7, 11) is 0. The highest BCUT2D eigenvalue weighted by molar-refractivity contribution is 8.07. The van der Waals surface area contributed by atoms with Crippen LogP contribution in [0.15, 0.2) is 46.6 Å². The fraction of sp³-hybridized carbons (Fsp3) is 0.267. The number of hydrogen-bond acceptors (Lipinski definition) is 5. The van der Waals surface area contributed by atoms with Crippen LogP contribution in [-0.2, 0) is 4.79 Å². The third kappa shape index (κ3) is 3.57. The lowest BCUT2D eigenvalue weighted by Gasteiger charge is -2.16. The molecule has 1 aromatic heterocycles. The monoisotopic (exact) mass is 288 g/mol. The van der Waals surface area contributed by atoms with Crippen LogP contribution in [0.2, 0.25) is 0 Å². The number of aldehydes is 1. The highest BCUT2D eigenvalue weighted by atomic mass is 32.2. The molecule has 0 fully saturated rings. The molecule has 0 spiro atoms. The summed E-state index contributed by atoms with van der Waals surface area (Å²) < 4.78 is 0. The lowest BCUT2D eigenvalue weighted by molar-refractivity contribution is -0.104. The predicted octanol–water partition coefficient (Wildman–Crippen LogP) is 2.99. The summed E-state index contributed by atoms with van der Waals surface area (Å²) in [5.74, 6) is -0.143. The van der Waals surface area contributed by atoms with Crippen molar-refractivity contribution in [1.82, 2.24) is 9.88 Å². The van der Waals surface area contributed by atoms with E-state index in [1.54, 1.807) is 36.7 Å². The fourth-order valence-electron chi connectivity index (χ4n) is 1.79. The van der Waals surface area contributed by atoms with Gasteiger partial charge >= 0.3 is 0 Å². The van der Waals surface area contributed by atoms with Crippen LogP contribution in [0.5, 0.6) is 0 Å². The van der Waals surface area contributed by atoms with Gasteiger partial charge in [-0.2, -0.15) is 0 Å². The van der Waals surface area contributed by atoms with Gasteiger partial charge in [0.2, 0.25) is 5.78 Å². The molecule has 0 saturated heterocycles. The number of rotatable bonds is 6. The maximum atomic E-state index is 12.1. The van der Waals surface area contributed by atoms with E-state index in [2.05, 4.69) is 11.9 Å². The van der Waals surface area contributed by atoms with Gasteiger partial charge in [0.15, 0.2) is 6.29 Å². The van der Waals surface area contributed by atoms with Crippen molar-refractivity contribution < 1.29 is 9.59 Å². The van der Waals surface area contributed by atoms with Crippen LogP contribution in [0.1, 0.15) is 30.3 Å². The van der Waals surface area contributed by atoms with Crippen LogP contribution in [-0.4, -0.2) is 28.5 Å². The zero-order valence-corrected chi connectivity index (χ0v) is 12.1. The van der Waals surface area contributed by atoms with Crippen molar-refractivity contribution in [2.24, 2.45) is 0 Å². The molecule has 0 bridgehead atoms. The summed E-state index contributed by atoms with van der Waals surface area (Å²) in [5.41, 5.74) is 0.413. The molecule has 0 saturated carbocycles. The molecule has 104 valence electrons. The van der Waals surface area contributed by atoms with Gasteiger partial charge in [-0.15, -0.1) is 0 Å². The first kappa shape index (κ1) is 14.5. The van der Waals surface area contributed by atoms with Gasteiger partial charge in [0, 0.05) is 25.0 Å². The highest BCUT2D eigenvalue weighted by Crippen LogP contribution is 2.35. The van der Waals surface area contributed by atoms with Crippen molar-refractivity contribution >= 4 is 23.8 Å². The van der Waals surface area contributed by atoms with Crippen LogP contribution >= 0.6 is 11.8 Å². The maximum Gasteiger partial charge on any atom is 0.206 e. The minimum absolute atomic E-state index is 0.143. The molecule has 2 heterocycles. The van der Waals surface area contributed by atoms with Crippen molar-refractivity contribution in [3.05, 3.63) is 52.3 Å². The molecule has 0 unspecified atom stereocenters. The summed E-state index contributed by atoms with van der Waals surface area (Å²) in [5, 5.41) is 0.788. The van der Waals surface area contributed by atoms with Crippen molar-refractivity contribution in [1.29, 1.82) is 0 Å². The van der Waals surface area contributed by atoms with E-state index in [4.69, 9.17) is 0 Å². The number of pyridine rings is 1. The minimum atomic E-state index is -0.143. The maximum absolute atomic E-state index is 12.1. The van der Waals surface area contributed by atoms with E-state index < -0.39 is 0 Å². The first-order valence-corrected chi connectivity index (χ1v) is 7.34. The van der Waals surface area contributed by atoms with E-state index in [1.807, 2.05) is 4.90 Å². The number of carbonyl (C=O) groups is 2. The Hall–Kier alpha value is -1.88. The fourth-order valence-corrected chi connectivity index (χ4v) is 2.68. The van der Waals surface area contributed by atoms with Crippen molar-refractivity contribution in [2.45, 2.75) is 19.8 Å². The summed E-state index contributed by atoms with van der Waals surface area (Å²) in [6.45, 7) is 2.91. The lowest BCUT2D eigenvalue weighted by Crippen LogP contribution is -2.14. The van der Waals surface area contributed by atoms with Crippen LogP contribution in [0, 0.1) is 0 Å². The van der Waals surface area contributed by atoms with Crippen LogP contribution in [0.3, 0.4) is 0 Å². The minimum Gasteiger partial charge on any atom is -0.341 e. The summed E-state index contributed by atoms with van der Waals surface area (Å²) in [4.78, 5) is 29.6. The lowest BCUT2D eigenvalue weighted by atomic mass is 10.2. The van der Waals surface area contributed by atoms with Crippen molar-refractivity contribution in [3.63, 3.8) is 0 Å². The number of unbranched alkanes of at least 4 members (excludes halogenated alkanes) is 1. The molecule has 0 radical (unpaired) electrons. The van der Waals surface area contributed by atoms with E-state index in [9.17, 15) is 9.59 Å². The molecule has 0 aliphatic carbocycles. The molecular weight excluding hydrogens is 272 g/mol. The van der Waals surface area contributed by atoms with Gasteiger partial charge in [0.05, 0.1) is 9.93 Å². The molecule has 4 nitrogen and oxygen atoms in total. The smallest absolute Gasteiger partial charge is 0.206 e. The Balaban J connectivity index is 2.15. The Kier molecular flexibility index (Phi) is 5.12. The molecule has 0 N–H and O–H groups in total. The average Bonchev–Trinajstić information content (AvgIpc) is 2.88. The number of aromatic nitrogens is 1. The number of nitrogens with zero attached hydrogens (tertiary/aromatic N) is 2. The van der Waals surface area contributed by atoms with E-state index in [1.165, 1.54) is 11.8 Å². The van der Waals surface area contributed by atoms with Crippen molar-refractivity contribution in [3.8, 4) is 0 Å². The van der Waals surface area contributed by atoms with E-state index in [-0.39, 0.29) is 5.78 Å². The average molecular weight is 288 g/mol. The molecule has 1 aliphatic rings. The topological polar surface area (TPSA) is 50.3 Å². The van der Waals surface area contributed by atoms with Crippen LogP contribution < -0.4 is 0 Å². The third-order valence-electron chi connectivity index (χ3n) is 2.83. The Morgan fingerprint density at radius 2 is 2.30 bits per heavy atom. The number of carbonyl (C=O) groups excluding carboxylic acids is 2. The highest BCUT2D eigenvalue weighted by Gasteiger charge is 2.20. The Labute approximate surface area is 122 Å². The van der Waals surface area contributed by atoms with Gasteiger partial charge in [-0.05, 0) is 18.6 Å². The van der Waals surface area contributed by atoms with Gasteiger partial charge in [-0.25, -0.2) is 0 Å². The van der Waals surface area contributed by atoms with Gasteiger partial charge in [-0.3, -0.25) is 14.6 Å². The second-order valence-electron chi connectivity index (χ2n) is 4.36. The number of hydrogen-bond donors (Lipinski definition) is 0. The van der Waals surface area contributed by atoms with Crippen molar-refractivity contribution in [2.75, 3.05) is 6.54 Å². The molecule has 20 heavy (non-hydrogen) atoms. The summed E-state index contributed by atoms with van der Waals surface area (Å²) >= 11 is 1.32. The molecule has 5 heteroatoms. The number of ketones is 1. The zero-order valence-electron chi connectivity index (χ0n) is 11.3. The normalized spacial score (nSPS) is 16.4. The van der Waals surface area contributed by atoms with Crippen LogP contribution in [0.4, 0.5) is 0 Å². The second-order valence-corrected chi connectivity index (χ2v) is 5.45. The third-order valence-corrected chi connectivity index (χ3v) is 3.83. The predicted molar refractivity (Wildman–Crippen MR) is 80.0 cm³/mol. The first-order chi connectivity index (χ1) is 9.74. The molecule has 0 aromatic carbocycles. The quantitative estimate of drug-likeness (QED) is 0.457. The van der Waals surface area contributed by atoms with Gasteiger partial charge in [-0.1, -0.05) is 31.2 Å². The second kappa shape index (κ2) is 7.05. The molecular formula is C15H16N2O2S. The number of allylic oxidation sites excluding steroid dienone is 2. The van der Waals surface area contributed by atoms with Gasteiger partial charge < -0.3 is 4.90 Å². The molecule has 2 rings (SSSR count). The van der Waals surface area contributed by atoms with E-state index >= 15 is 0 Å². The molecule has 0 atom stereocenters. The SMILES string of the molecule is CCCCN1C=C(C=O)SC1=CC(=O)c1ccccn1. The molecule has 1 aromatic rings. The Bertz CT molecular complexity index is 552. The number of thioether (sulfide) groups is 1. The van der Waals surface area contributed by atoms with Crippen LogP contribution in [0.25, 0.3) is 0 Å². The van der Waals surface area contributed by atoms with E-state index in [0.29, 0.717) is 10.6 Å². The zero-order chi connectivity index (χ0) is 14.4. The van der Waals surface area contributed by atoms with Gasteiger partial charge in [0.1, 0.15) is 5.69 Å². The summed E-state index contributed by atoms with van der Waals surface area (Å²) in [6.07, 6.45) is 7.83.